The molecule has 0 bridgehead atoms. The highest BCUT2D eigenvalue weighted by Crippen LogP contribution is 2.35. The van der Waals surface area contributed by atoms with E-state index < -0.39 is 0 Å². The van der Waals surface area contributed by atoms with E-state index in [0.29, 0.717) is 0 Å². The highest BCUT2D eigenvalue weighted by Gasteiger charge is 2.13. The largest absolute Gasteiger partial charge is 0.0843 e. The van der Waals surface area contributed by atoms with Crippen molar-refractivity contribution in [3.8, 4) is 0 Å². The molecule has 0 unspecified atom stereocenters. The highest BCUT2D eigenvalue weighted by molar-refractivity contribution is 6.31. The van der Waals surface area contributed by atoms with Crippen molar-refractivity contribution in [1.82, 2.24) is 0 Å². The van der Waals surface area contributed by atoms with Crippen LogP contribution in [-0.4, -0.2) is 0 Å². The Labute approximate surface area is 130 Å². The van der Waals surface area contributed by atoms with Crippen LogP contribution in [0.2, 0.25) is 5.02 Å². The fraction of sp³-hybridized carbons (Fsp3) is 0.200. The van der Waals surface area contributed by atoms with Gasteiger partial charge in [0.05, 0.1) is 0 Å². The summed E-state index contributed by atoms with van der Waals surface area (Å²) < 4.78 is 0. The molecule has 0 saturated heterocycles. The second kappa shape index (κ2) is 4.89. The predicted octanol–water partition coefficient (Wildman–Crippen LogP) is 6.39. The lowest BCUT2D eigenvalue weighted by molar-refractivity contribution is 0.878. The molecule has 21 heavy (non-hydrogen) atoms. The molecule has 0 fully saturated rings. The van der Waals surface area contributed by atoms with Crippen LogP contribution >= 0.6 is 11.6 Å². The van der Waals surface area contributed by atoms with Gasteiger partial charge in [-0.25, -0.2) is 0 Å². The zero-order valence-electron chi connectivity index (χ0n) is 12.1. The molecule has 1 aliphatic rings. The Morgan fingerprint density at radius 3 is 2.57 bits per heavy atom. The van der Waals surface area contributed by atoms with Gasteiger partial charge in [-0.2, -0.15) is 0 Å². The first kappa shape index (κ1) is 12.9. The molecule has 1 aliphatic carbocycles. The predicted molar refractivity (Wildman–Crippen MR) is 93.1 cm³/mol. The van der Waals surface area contributed by atoms with Crippen molar-refractivity contribution in [2.24, 2.45) is 0 Å². The van der Waals surface area contributed by atoms with Crippen molar-refractivity contribution in [1.29, 1.82) is 0 Å². The van der Waals surface area contributed by atoms with Crippen LogP contribution in [0.3, 0.4) is 0 Å². The molecule has 0 N–H and O–H groups in total. The maximum absolute atomic E-state index is 6.20. The zero-order valence-corrected chi connectivity index (χ0v) is 12.9. The molecule has 104 valence electrons. The summed E-state index contributed by atoms with van der Waals surface area (Å²) in [6.07, 6.45) is 5.92. The van der Waals surface area contributed by atoms with Crippen LogP contribution in [0.1, 0.15) is 30.9 Å². The van der Waals surface area contributed by atoms with Crippen LogP contribution < -0.4 is 0 Å². The molecular formula is C20H17Cl. The highest BCUT2D eigenvalue weighted by atomic mass is 35.5. The summed E-state index contributed by atoms with van der Waals surface area (Å²) in [5.41, 5.74) is 4.44. The maximum atomic E-state index is 6.20. The number of aryl methyl sites for hydroxylation is 1. The van der Waals surface area contributed by atoms with Gasteiger partial charge in [-0.15, -0.1) is 0 Å². The minimum atomic E-state index is 0.803. The molecule has 4 rings (SSSR count). The number of allylic oxidation sites excluding steroid dienone is 1. The Hall–Kier alpha value is -1.79. The Kier molecular flexibility index (Phi) is 3.01. The lowest BCUT2D eigenvalue weighted by Crippen LogP contribution is -1.99. The molecule has 0 amide bonds. The molecule has 1 heteroatoms. The van der Waals surface area contributed by atoms with Gasteiger partial charge >= 0.3 is 0 Å². The third-order valence-electron chi connectivity index (χ3n) is 4.63. The molecule has 0 nitrogen and oxygen atoms in total. The maximum Gasteiger partial charge on any atom is 0.0412 e. The van der Waals surface area contributed by atoms with Crippen molar-refractivity contribution in [2.45, 2.75) is 26.2 Å². The van der Waals surface area contributed by atoms with Gasteiger partial charge in [0.2, 0.25) is 0 Å². The van der Waals surface area contributed by atoms with Crippen LogP contribution in [0.25, 0.3) is 27.6 Å². The summed E-state index contributed by atoms with van der Waals surface area (Å²) in [5.74, 6) is 0. The van der Waals surface area contributed by atoms with Gasteiger partial charge < -0.3 is 0 Å². The summed E-state index contributed by atoms with van der Waals surface area (Å²) in [4.78, 5) is 0. The van der Waals surface area contributed by atoms with Gasteiger partial charge in [0, 0.05) is 5.02 Å². The van der Waals surface area contributed by atoms with E-state index in [2.05, 4.69) is 49.4 Å². The van der Waals surface area contributed by atoms with E-state index in [9.17, 15) is 0 Å². The monoisotopic (exact) mass is 292 g/mol. The molecule has 3 aromatic carbocycles. The first-order chi connectivity index (χ1) is 10.3. The fourth-order valence-electron chi connectivity index (χ4n) is 3.41. The normalized spacial score (nSPS) is 14.3. The van der Waals surface area contributed by atoms with E-state index in [-0.39, 0.29) is 0 Å². The molecule has 0 saturated carbocycles. The van der Waals surface area contributed by atoms with Gasteiger partial charge in [-0.1, -0.05) is 60.5 Å². The summed E-state index contributed by atoms with van der Waals surface area (Å²) >= 11 is 6.20. The molecule has 0 atom stereocenters. The number of hydrogen-bond donors (Lipinski definition) is 0. The zero-order chi connectivity index (χ0) is 14.4. The molecule has 0 aliphatic heterocycles. The minimum Gasteiger partial charge on any atom is -0.0843 e. The number of rotatable bonds is 1. The van der Waals surface area contributed by atoms with Crippen LogP contribution in [0, 0.1) is 0 Å². The van der Waals surface area contributed by atoms with Crippen LogP contribution in [0.15, 0.2) is 48.0 Å². The van der Waals surface area contributed by atoms with Gasteiger partial charge in [0.15, 0.2) is 0 Å². The summed E-state index contributed by atoms with van der Waals surface area (Å²) in [6.45, 7) is 2.25. The minimum absolute atomic E-state index is 0.803. The Morgan fingerprint density at radius 2 is 1.71 bits per heavy atom. The van der Waals surface area contributed by atoms with Crippen molar-refractivity contribution in [2.75, 3.05) is 0 Å². The number of hydrogen-bond acceptors (Lipinski definition) is 0. The van der Waals surface area contributed by atoms with E-state index in [1.54, 1.807) is 5.57 Å². The van der Waals surface area contributed by atoms with Crippen LogP contribution in [-0.2, 0) is 6.42 Å². The van der Waals surface area contributed by atoms with Crippen molar-refractivity contribution >= 4 is 39.2 Å². The summed E-state index contributed by atoms with van der Waals surface area (Å²) in [7, 11) is 0. The molecule has 0 aromatic heterocycles. The Bertz CT molecular complexity index is 887. The first-order valence-corrected chi connectivity index (χ1v) is 7.97. The van der Waals surface area contributed by atoms with E-state index in [1.165, 1.54) is 45.5 Å². The smallest absolute Gasteiger partial charge is 0.0412 e. The molecule has 3 aromatic rings. The number of benzene rings is 3. The standard InChI is InChI=1S/C20H17Cl/c1-2-13-3-4-14-6-10-18-17(19(14)11-13)9-7-15-5-8-16(21)12-20(15)18/h5-12H,2-4H2,1H3. The molecular weight excluding hydrogens is 276 g/mol. The molecule has 0 heterocycles. The quantitative estimate of drug-likeness (QED) is 0.456. The average molecular weight is 293 g/mol. The van der Waals surface area contributed by atoms with Crippen LogP contribution in [0.4, 0.5) is 0 Å². The second-order valence-electron chi connectivity index (χ2n) is 5.82. The third kappa shape index (κ3) is 2.06. The molecule has 0 radical (unpaired) electrons. The van der Waals surface area contributed by atoms with Gasteiger partial charge in [-0.3, -0.25) is 0 Å². The number of fused-ring (bicyclic) bond motifs is 5. The Morgan fingerprint density at radius 1 is 0.905 bits per heavy atom. The van der Waals surface area contributed by atoms with E-state index in [0.717, 1.165) is 11.4 Å². The van der Waals surface area contributed by atoms with E-state index in [4.69, 9.17) is 11.6 Å². The summed E-state index contributed by atoms with van der Waals surface area (Å²) in [6, 6.07) is 15.2. The first-order valence-electron chi connectivity index (χ1n) is 7.59. The average Bonchev–Trinajstić information content (AvgIpc) is 2.53. The van der Waals surface area contributed by atoms with Gasteiger partial charge in [0.1, 0.15) is 0 Å². The second-order valence-corrected chi connectivity index (χ2v) is 6.26. The molecule has 0 spiro atoms. The lowest BCUT2D eigenvalue weighted by atomic mass is 9.86. The van der Waals surface area contributed by atoms with E-state index >= 15 is 0 Å². The van der Waals surface area contributed by atoms with Gasteiger partial charge in [0.25, 0.3) is 0 Å². The summed E-state index contributed by atoms with van der Waals surface area (Å²) in [5, 5.41) is 5.97. The number of halogens is 1. The van der Waals surface area contributed by atoms with Crippen molar-refractivity contribution in [3.63, 3.8) is 0 Å². The van der Waals surface area contributed by atoms with E-state index in [1.807, 2.05) is 6.07 Å². The Balaban J connectivity index is 2.10. The lowest BCUT2D eigenvalue weighted by Gasteiger charge is -2.18. The third-order valence-corrected chi connectivity index (χ3v) is 4.87. The van der Waals surface area contributed by atoms with Gasteiger partial charge in [-0.05, 0) is 64.1 Å². The van der Waals surface area contributed by atoms with Crippen molar-refractivity contribution < 1.29 is 0 Å². The topological polar surface area (TPSA) is 0 Å². The van der Waals surface area contributed by atoms with Crippen LogP contribution in [0.5, 0.6) is 0 Å². The fourth-order valence-corrected chi connectivity index (χ4v) is 3.59. The SMILES string of the molecule is CCC1=Cc2c(ccc3c2ccc2ccc(Cl)cc23)CC1. The van der Waals surface area contributed by atoms with Crippen molar-refractivity contribution in [3.05, 3.63) is 64.2 Å².